The van der Waals surface area contributed by atoms with E-state index in [0.717, 1.165) is 37.3 Å². The molecule has 96 valence electrons. The number of hydrogen-bond acceptors (Lipinski definition) is 2. The van der Waals surface area contributed by atoms with Crippen LogP contribution < -0.4 is 11.1 Å². The van der Waals surface area contributed by atoms with Crippen LogP contribution in [-0.4, -0.2) is 18.6 Å². The molecule has 0 saturated heterocycles. The number of rotatable bonds is 7. The Hall–Kier alpha value is -0.0800. The van der Waals surface area contributed by atoms with Crippen LogP contribution in [0.5, 0.6) is 0 Å². The molecule has 2 heteroatoms. The van der Waals surface area contributed by atoms with Gasteiger partial charge >= 0.3 is 0 Å². The van der Waals surface area contributed by atoms with Gasteiger partial charge in [-0.05, 0) is 56.5 Å². The predicted molar refractivity (Wildman–Crippen MR) is 71.4 cm³/mol. The zero-order chi connectivity index (χ0) is 12.2. The summed E-state index contributed by atoms with van der Waals surface area (Å²) in [6, 6.07) is 0. The normalized spacial score (nSPS) is 19.5. The quantitative estimate of drug-likeness (QED) is 0.655. The molecule has 1 saturated carbocycles. The van der Waals surface area contributed by atoms with Gasteiger partial charge in [-0.1, -0.05) is 27.7 Å². The van der Waals surface area contributed by atoms with Crippen molar-refractivity contribution in [3.63, 3.8) is 0 Å². The fraction of sp³-hybridized carbons (Fsp3) is 1.00. The summed E-state index contributed by atoms with van der Waals surface area (Å²) in [5.74, 6) is 2.32. The largest absolute Gasteiger partial charge is 0.325 e. The van der Waals surface area contributed by atoms with Gasteiger partial charge in [0.1, 0.15) is 0 Å². The van der Waals surface area contributed by atoms with Gasteiger partial charge in [-0.3, -0.25) is 0 Å². The second kappa shape index (κ2) is 6.02. The van der Waals surface area contributed by atoms with Crippen LogP contribution in [0.2, 0.25) is 0 Å². The highest BCUT2D eigenvalue weighted by molar-refractivity contribution is 4.92. The highest BCUT2D eigenvalue weighted by atomic mass is 14.9. The zero-order valence-electron chi connectivity index (χ0n) is 11.6. The van der Waals surface area contributed by atoms with Crippen molar-refractivity contribution >= 4 is 0 Å². The Bertz CT molecular complexity index is 187. The van der Waals surface area contributed by atoms with E-state index in [0.29, 0.717) is 0 Å². The van der Waals surface area contributed by atoms with E-state index in [2.05, 4.69) is 33.0 Å². The van der Waals surface area contributed by atoms with Gasteiger partial charge < -0.3 is 11.1 Å². The molecule has 0 atom stereocenters. The summed E-state index contributed by atoms with van der Waals surface area (Å²) in [6.45, 7) is 11.5. The first-order valence-corrected chi connectivity index (χ1v) is 6.94. The van der Waals surface area contributed by atoms with Crippen molar-refractivity contribution in [1.82, 2.24) is 5.32 Å². The Morgan fingerprint density at radius 3 is 2.06 bits per heavy atom. The maximum atomic E-state index is 6.20. The van der Waals surface area contributed by atoms with Crippen molar-refractivity contribution in [3.8, 4) is 0 Å². The Labute approximate surface area is 101 Å². The average molecular weight is 226 g/mol. The van der Waals surface area contributed by atoms with Crippen molar-refractivity contribution in [2.45, 2.75) is 58.9 Å². The summed E-state index contributed by atoms with van der Waals surface area (Å²) < 4.78 is 0. The third-order valence-electron chi connectivity index (χ3n) is 4.24. The van der Waals surface area contributed by atoms with E-state index in [4.69, 9.17) is 5.73 Å². The van der Waals surface area contributed by atoms with Crippen molar-refractivity contribution in [3.05, 3.63) is 0 Å². The van der Waals surface area contributed by atoms with Crippen LogP contribution in [0.15, 0.2) is 0 Å². The van der Waals surface area contributed by atoms with Crippen LogP contribution in [0.3, 0.4) is 0 Å². The highest BCUT2D eigenvalue weighted by Gasteiger charge is 2.31. The van der Waals surface area contributed by atoms with Crippen LogP contribution >= 0.6 is 0 Å². The third-order valence-corrected chi connectivity index (χ3v) is 4.24. The first-order chi connectivity index (χ1) is 7.44. The SMILES string of the molecule is CC(C)C(CNCCC1(N)CCC1)C(C)C. The Kier molecular flexibility index (Phi) is 5.26. The molecule has 1 fully saturated rings. The topological polar surface area (TPSA) is 38.0 Å². The second-order valence-corrected chi connectivity index (χ2v) is 6.32. The van der Waals surface area contributed by atoms with Gasteiger partial charge in [0.2, 0.25) is 0 Å². The second-order valence-electron chi connectivity index (χ2n) is 6.32. The van der Waals surface area contributed by atoms with E-state index in [1.54, 1.807) is 0 Å². The van der Waals surface area contributed by atoms with Crippen molar-refractivity contribution in [2.75, 3.05) is 13.1 Å². The molecule has 0 aromatic carbocycles. The van der Waals surface area contributed by atoms with E-state index in [1.165, 1.54) is 19.3 Å². The zero-order valence-corrected chi connectivity index (χ0v) is 11.6. The minimum atomic E-state index is 0.179. The van der Waals surface area contributed by atoms with Gasteiger partial charge in [-0.2, -0.15) is 0 Å². The molecule has 0 aliphatic heterocycles. The highest BCUT2D eigenvalue weighted by Crippen LogP contribution is 2.31. The lowest BCUT2D eigenvalue weighted by Gasteiger charge is -2.38. The summed E-state index contributed by atoms with van der Waals surface area (Å²) in [5, 5.41) is 3.59. The molecule has 0 aromatic heterocycles. The Balaban J connectivity index is 2.13. The first kappa shape index (κ1) is 14.0. The van der Waals surface area contributed by atoms with Gasteiger partial charge in [0.25, 0.3) is 0 Å². The molecule has 0 heterocycles. The average Bonchev–Trinajstić information content (AvgIpc) is 2.13. The monoisotopic (exact) mass is 226 g/mol. The molecule has 1 aliphatic carbocycles. The maximum absolute atomic E-state index is 6.20. The Morgan fingerprint density at radius 1 is 1.12 bits per heavy atom. The first-order valence-electron chi connectivity index (χ1n) is 6.94. The lowest BCUT2D eigenvalue weighted by molar-refractivity contribution is 0.221. The molecule has 3 N–H and O–H groups in total. The molecule has 0 amide bonds. The minimum absolute atomic E-state index is 0.179. The van der Waals surface area contributed by atoms with E-state index in [1.807, 2.05) is 0 Å². The van der Waals surface area contributed by atoms with Crippen LogP contribution in [0.25, 0.3) is 0 Å². The number of nitrogens with two attached hydrogens (primary N) is 1. The smallest absolute Gasteiger partial charge is 0.0166 e. The van der Waals surface area contributed by atoms with Crippen molar-refractivity contribution in [1.29, 1.82) is 0 Å². The number of nitrogens with one attached hydrogen (secondary N) is 1. The van der Waals surface area contributed by atoms with E-state index >= 15 is 0 Å². The van der Waals surface area contributed by atoms with Gasteiger partial charge in [-0.25, -0.2) is 0 Å². The maximum Gasteiger partial charge on any atom is 0.0166 e. The lowest BCUT2D eigenvalue weighted by atomic mass is 9.75. The Morgan fingerprint density at radius 2 is 1.69 bits per heavy atom. The predicted octanol–water partition coefficient (Wildman–Crippen LogP) is 2.78. The standard InChI is InChI=1S/C14H30N2/c1-11(2)13(12(3)4)10-16-9-8-14(15)6-5-7-14/h11-13,16H,5-10,15H2,1-4H3. The summed E-state index contributed by atoms with van der Waals surface area (Å²) in [5.41, 5.74) is 6.38. The molecule has 0 spiro atoms. The van der Waals surface area contributed by atoms with Gasteiger partial charge in [0.05, 0.1) is 0 Å². The van der Waals surface area contributed by atoms with Crippen LogP contribution in [0, 0.1) is 17.8 Å². The summed E-state index contributed by atoms with van der Waals surface area (Å²) >= 11 is 0. The van der Waals surface area contributed by atoms with E-state index < -0.39 is 0 Å². The third kappa shape index (κ3) is 4.06. The number of hydrogen-bond donors (Lipinski definition) is 2. The van der Waals surface area contributed by atoms with Crippen molar-refractivity contribution < 1.29 is 0 Å². The van der Waals surface area contributed by atoms with Crippen LogP contribution in [0.1, 0.15) is 53.4 Å². The summed E-state index contributed by atoms with van der Waals surface area (Å²) in [4.78, 5) is 0. The molecule has 16 heavy (non-hydrogen) atoms. The molecule has 1 rings (SSSR count). The molecule has 0 bridgehead atoms. The van der Waals surface area contributed by atoms with Crippen LogP contribution in [0.4, 0.5) is 0 Å². The molecule has 0 aromatic rings. The van der Waals surface area contributed by atoms with E-state index in [-0.39, 0.29) is 5.54 Å². The fourth-order valence-corrected chi connectivity index (χ4v) is 2.73. The summed E-state index contributed by atoms with van der Waals surface area (Å²) in [7, 11) is 0. The fourth-order valence-electron chi connectivity index (χ4n) is 2.73. The summed E-state index contributed by atoms with van der Waals surface area (Å²) in [6.07, 6.45) is 4.94. The van der Waals surface area contributed by atoms with Gasteiger partial charge in [0, 0.05) is 5.54 Å². The van der Waals surface area contributed by atoms with Crippen molar-refractivity contribution in [2.24, 2.45) is 23.5 Å². The molecular formula is C14H30N2. The molecular weight excluding hydrogens is 196 g/mol. The molecule has 2 nitrogen and oxygen atoms in total. The van der Waals surface area contributed by atoms with Gasteiger partial charge in [-0.15, -0.1) is 0 Å². The lowest BCUT2D eigenvalue weighted by Crippen LogP contribution is -2.48. The van der Waals surface area contributed by atoms with Gasteiger partial charge in [0.15, 0.2) is 0 Å². The van der Waals surface area contributed by atoms with E-state index in [9.17, 15) is 0 Å². The minimum Gasteiger partial charge on any atom is -0.325 e. The van der Waals surface area contributed by atoms with Crippen LogP contribution in [-0.2, 0) is 0 Å². The molecule has 0 radical (unpaired) electrons. The molecule has 0 unspecified atom stereocenters. The molecule has 1 aliphatic rings.